The van der Waals surface area contributed by atoms with Gasteiger partial charge in [-0.1, -0.05) is 54.1 Å². The van der Waals surface area contributed by atoms with Crippen LogP contribution in [0.1, 0.15) is 21.5 Å². The highest BCUT2D eigenvalue weighted by Gasteiger charge is 2.09. The van der Waals surface area contributed by atoms with Gasteiger partial charge >= 0.3 is 0 Å². The molecule has 1 amide bonds. The number of nitrogens with zero attached hydrogens (tertiary/aromatic N) is 2. The highest BCUT2D eigenvalue weighted by Crippen LogP contribution is 2.16. The number of rotatable bonds is 10. The van der Waals surface area contributed by atoms with Crippen molar-refractivity contribution < 1.29 is 14.3 Å². The summed E-state index contributed by atoms with van der Waals surface area (Å²) in [6.45, 7) is 1.33. The van der Waals surface area contributed by atoms with Crippen LogP contribution in [0.25, 0.3) is 0 Å². The molecule has 0 aliphatic heterocycles. The number of carbonyl (C=O) groups is 1. The summed E-state index contributed by atoms with van der Waals surface area (Å²) >= 11 is 6.20. The summed E-state index contributed by atoms with van der Waals surface area (Å²) in [5.41, 5.74) is 1.78. The summed E-state index contributed by atoms with van der Waals surface area (Å²) in [6.07, 6.45) is 3.18. The standard InChI is InChI=1S/C27H24ClN3O4/c28-24-9-5-4-6-21(24)18-31-19-22(11-13-26(31)32)27(33)30-17-20-10-12-25(29-16-20)35-15-14-34-23-7-2-1-3-8-23/h1-13,16,19H,14-15,17-18H2,(H,30,33). The quantitative estimate of drug-likeness (QED) is 0.335. The van der Waals surface area contributed by atoms with Crippen LogP contribution in [0.3, 0.4) is 0 Å². The van der Waals surface area contributed by atoms with Gasteiger partial charge in [0.25, 0.3) is 11.5 Å². The average molecular weight is 490 g/mol. The summed E-state index contributed by atoms with van der Waals surface area (Å²) < 4.78 is 12.6. The van der Waals surface area contributed by atoms with Crippen molar-refractivity contribution >= 4 is 17.5 Å². The van der Waals surface area contributed by atoms with Crippen molar-refractivity contribution in [3.8, 4) is 11.6 Å². The second-order valence-corrected chi connectivity index (χ2v) is 8.08. The monoisotopic (exact) mass is 489 g/mol. The third kappa shape index (κ3) is 6.94. The van der Waals surface area contributed by atoms with E-state index >= 15 is 0 Å². The fourth-order valence-electron chi connectivity index (χ4n) is 3.31. The van der Waals surface area contributed by atoms with Crippen molar-refractivity contribution in [2.45, 2.75) is 13.1 Å². The summed E-state index contributed by atoms with van der Waals surface area (Å²) in [5.74, 6) is 0.967. The molecule has 35 heavy (non-hydrogen) atoms. The summed E-state index contributed by atoms with van der Waals surface area (Å²) in [6, 6.07) is 23.3. The van der Waals surface area contributed by atoms with Crippen molar-refractivity contribution in [1.82, 2.24) is 14.9 Å². The molecular formula is C27H24ClN3O4. The maximum atomic E-state index is 12.6. The molecule has 0 bridgehead atoms. The molecule has 2 aromatic heterocycles. The number of benzene rings is 2. The number of hydrogen-bond donors (Lipinski definition) is 1. The van der Waals surface area contributed by atoms with Gasteiger partial charge in [0, 0.05) is 36.1 Å². The zero-order valence-corrected chi connectivity index (χ0v) is 19.6. The van der Waals surface area contributed by atoms with Crippen molar-refractivity contribution in [2.75, 3.05) is 13.2 Å². The Morgan fingerprint density at radius 2 is 1.69 bits per heavy atom. The van der Waals surface area contributed by atoms with Crippen LogP contribution in [0.15, 0.2) is 96.1 Å². The number of aromatic nitrogens is 2. The van der Waals surface area contributed by atoms with E-state index in [1.807, 2.05) is 54.6 Å². The first-order valence-corrected chi connectivity index (χ1v) is 11.4. The predicted octanol–water partition coefficient (Wildman–Crippen LogP) is 4.33. The van der Waals surface area contributed by atoms with E-state index in [9.17, 15) is 9.59 Å². The van der Waals surface area contributed by atoms with Gasteiger partial charge in [0.2, 0.25) is 5.88 Å². The van der Waals surface area contributed by atoms with Crippen LogP contribution in [0.5, 0.6) is 11.6 Å². The van der Waals surface area contributed by atoms with Crippen LogP contribution in [-0.4, -0.2) is 28.7 Å². The van der Waals surface area contributed by atoms with E-state index in [2.05, 4.69) is 10.3 Å². The molecule has 178 valence electrons. The topological polar surface area (TPSA) is 82.5 Å². The molecule has 0 saturated heterocycles. The molecule has 1 N–H and O–H groups in total. The molecule has 0 unspecified atom stereocenters. The number of pyridine rings is 2. The zero-order valence-electron chi connectivity index (χ0n) is 18.9. The lowest BCUT2D eigenvalue weighted by molar-refractivity contribution is 0.0950. The molecule has 0 aliphatic rings. The van der Waals surface area contributed by atoms with Gasteiger partial charge in [-0.25, -0.2) is 4.98 Å². The second-order valence-electron chi connectivity index (χ2n) is 7.67. The molecule has 0 radical (unpaired) electrons. The Morgan fingerprint density at radius 1 is 0.914 bits per heavy atom. The van der Waals surface area contributed by atoms with Gasteiger partial charge in [-0.2, -0.15) is 0 Å². The highest BCUT2D eigenvalue weighted by molar-refractivity contribution is 6.31. The van der Waals surface area contributed by atoms with Crippen LogP contribution in [0.4, 0.5) is 0 Å². The Kier molecular flexibility index (Phi) is 8.14. The Balaban J connectivity index is 1.27. The van der Waals surface area contributed by atoms with Crippen LogP contribution in [0, 0.1) is 0 Å². The molecule has 0 fully saturated rings. The smallest absolute Gasteiger partial charge is 0.253 e. The van der Waals surface area contributed by atoms with Gasteiger partial charge in [-0.05, 0) is 35.4 Å². The zero-order chi connectivity index (χ0) is 24.5. The van der Waals surface area contributed by atoms with Crippen LogP contribution in [0.2, 0.25) is 5.02 Å². The van der Waals surface area contributed by atoms with Gasteiger partial charge in [0.15, 0.2) is 0 Å². The number of amides is 1. The number of nitrogens with one attached hydrogen (secondary N) is 1. The third-order valence-electron chi connectivity index (χ3n) is 5.14. The largest absolute Gasteiger partial charge is 0.490 e. The molecular weight excluding hydrogens is 466 g/mol. The fraction of sp³-hybridized carbons (Fsp3) is 0.148. The Morgan fingerprint density at radius 3 is 2.46 bits per heavy atom. The molecule has 0 spiro atoms. The van der Waals surface area contributed by atoms with Crippen molar-refractivity contribution in [3.63, 3.8) is 0 Å². The minimum absolute atomic E-state index is 0.213. The lowest BCUT2D eigenvalue weighted by atomic mass is 10.2. The lowest BCUT2D eigenvalue weighted by Crippen LogP contribution is -2.26. The number of ether oxygens (including phenoxy) is 2. The van der Waals surface area contributed by atoms with Crippen molar-refractivity contribution in [1.29, 1.82) is 0 Å². The van der Waals surface area contributed by atoms with E-state index in [1.165, 1.54) is 22.9 Å². The minimum Gasteiger partial charge on any atom is -0.490 e. The average Bonchev–Trinajstić information content (AvgIpc) is 2.89. The first kappa shape index (κ1) is 24.0. The number of halogens is 1. The fourth-order valence-corrected chi connectivity index (χ4v) is 3.50. The van der Waals surface area contributed by atoms with E-state index in [0.29, 0.717) is 29.7 Å². The van der Waals surface area contributed by atoms with E-state index in [0.717, 1.165) is 16.9 Å². The van der Waals surface area contributed by atoms with Gasteiger partial charge in [-0.3, -0.25) is 9.59 Å². The van der Waals surface area contributed by atoms with Gasteiger partial charge in [-0.15, -0.1) is 0 Å². The maximum Gasteiger partial charge on any atom is 0.253 e. The van der Waals surface area contributed by atoms with Crippen LogP contribution < -0.4 is 20.3 Å². The van der Waals surface area contributed by atoms with E-state index < -0.39 is 0 Å². The number of carbonyl (C=O) groups excluding carboxylic acids is 1. The lowest BCUT2D eigenvalue weighted by Gasteiger charge is -2.11. The molecule has 2 aromatic carbocycles. The number of para-hydroxylation sites is 1. The first-order chi connectivity index (χ1) is 17.1. The molecule has 0 atom stereocenters. The minimum atomic E-state index is -0.295. The molecule has 2 heterocycles. The highest BCUT2D eigenvalue weighted by atomic mass is 35.5. The van der Waals surface area contributed by atoms with Crippen molar-refractivity contribution in [2.24, 2.45) is 0 Å². The molecule has 0 aliphatic carbocycles. The van der Waals surface area contributed by atoms with Gasteiger partial charge in [0.05, 0.1) is 12.1 Å². The van der Waals surface area contributed by atoms with Crippen LogP contribution >= 0.6 is 11.6 Å². The SMILES string of the molecule is O=C(NCc1ccc(OCCOc2ccccc2)nc1)c1ccc(=O)n(Cc2ccccc2Cl)c1. The predicted molar refractivity (Wildman–Crippen MR) is 134 cm³/mol. The van der Waals surface area contributed by atoms with Crippen LogP contribution in [-0.2, 0) is 13.1 Å². The number of hydrogen-bond acceptors (Lipinski definition) is 5. The maximum absolute atomic E-state index is 12.6. The van der Waals surface area contributed by atoms with Crippen molar-refractivity contribution in [3.05, 3.63) is 123 Å². The van der Waals surface area contributed by atoms with Gasteiger partial charge in [0.1, 0.15) is 19.0 Å². The van der Waals surface area contributed by atoms with E-state index in [-0.39, 0.29) is 24.6 Å². The Bertz CT molecular complexity index is 1320. The Labute approximate surface area is 207 Å². The normalized spacial score (nSPS) is 10.5. The van der Waals surface area contributed by atoms with E-state index in [4.69, 9.17) is 21.1 Å². The second kappa shape index (κ2) is 11.9. The molecule has 8 heteroatoms. The third-order valence-corrected chi connectivity index (χ3v) is 5.51. The summed E-state index contributed by atoms with van der Waals surface area (Å²) in [5, 5.41) is 3.41. The summed E-state index contributed by atoms with van der Waals surface area (Å²) in [7, 11) is 0. The first-order valence-electron chi connectivity index (χ1n) is 11.1. The molecule has 0 saturated carbocycles. The summed E-state index contributed by atoms with van der Waals surface area (Å²) in [4.78, 5) is 29.2. The Hall–Kier alpha value is -4.10. The van der Waals surface area contributed by atoms with E-state index in [1.54, 1.807) is 18.3 Å². The molecule has 4 rings (SSSR count). The molecule has 4 aromatic rings. The van der Waals surface area contributed by atoms with Gasteiger partial charge < -0.3 is 19.4 Å². The molecule has 7 nitrogen and oxygen atoms in total.